The predicted octanol–water partition coefficient (Wildman–Crippen LogP) is 1.61. The summed E-state index contributed by atoms with van der Waals surface area (Å²) in [7, 11) is 0. The molecule has 1 aromatic rings. The molecule has 0 saturated carbocycles. The van der Waals surface area contributed by atoms with E-state index in [1.807, 2.05) is 6.20 Å². The number of rotatable bonds is 2. The number of nitrogens with one attached hydrogen (secondary N) is 1. The van der Waals surface area contributed by atoms with Crippen molar-refractivity contribution in [2.45, 2.75) is 32.2 Å². The average molecular weight is 179 g/mol. The first-order chi connectivity index (χ1) is 6.27. The van der Waals surface area contributed by atoms with Crippen molar-refractivity contribution in [1.29, 1.82) is 0 Å². The van der Waals surface area contributed by atoms with Crippen LogP contribution in [0, 0.1) is 0 Å². The molecular formula is C10H17N3. The number of aromatic nitrogens is 2. The number of hydrogen-bond acceptors (Lipinski definition) is 2. The zero-order chi connectivity index (χ0) is 9.26. The van der Waals surface area contributed by atoms with Gasteiger partial charge in [0.05, 0.1) is 0 Å². The van der Waals surface area contributed by atoms with Gasteiger partial charge in [0, 0.05) is 30.4 Å². The molecule has 1 fully saturated rings. The van der Waals surface area contributed by atoms with Gasteiger partial charge < -0.3 is 4.90 Å². The van der Waals surface area contributed by atoms with Gasteiger partial charge in [0.25, 0.3) is 0 Å². The number of aromatic amines is 1. The maximum absolute atomic E-state index is 3.99. The van der Waals surface area contributed by atoms with Gasteiger partial charge in [-0.2, -0.15) is 5.10 Å². The molecule has 13 heavy (non-hydrogen) atoms. The van der Waals surface area contributed by atoms with Crippen molar-refractivity contribution in [3.63, 3.8) is 0 Å². The fourth-order valence-corrected chi connectivity index (χ4v) is 2.00. The first-order valence-corrected chi connectivity index (χ1v) is 5.00. The zero-order valence-electron chi connectivity index (χ0n) is 8.33. The monoisotopic (exact) mass is 179 g/mol. The SMILES string of the molecule is CC(C)N1CC[C@H](c2ccn[nH]2)C1. The molecule has 1 N–H and O–H groups in total. The summed E-state index contributed by atoms with van der Waals surface area (Å²) < 4.78 is 0. The quantitative estimate of drug-likeness (QED) is 0.748. The molecule has 2 rings (SSSR count). The Balaban J connectivity index is 1.99. The van der Waals surface area contributed by atoms with Gasteiger partial charge in [0.2, 0.25) is 0 Å². The minimum absolute atomic E-state index is 0.671. The van der Waals surface area contributed by atoms with E-state index in [2.05, 4.69) is 35.0 Å². The van der Waals surface area contributed by atoms with Gasteiger partial charge in [-0.3, -0.25) is 5.10 Å². The molecule has 0 bridgehead atoms. The van der Waals surface area contributed by atoms with Crippen LogP contribution in [0.3, 0.4) is 0 Å². The van der Waals surface area contributed by atoms with Crippen LogP contribution >= 0.6 is 0 Å². The smallest absolute Gasteiger partial charge is 0.0490 e. The number of likely N-dealkylation sites (tertiary alicyclic amines) is 1. The Morgan fingerprint density at radius 2 is 2.46 bits per heavy atom. The summed E-state index contributed by atoms with van der Waals surface area (Å²) in [4.78, 5) is 2.52. The third kappa shape index (κ3) is 1.75. The van der Waals surface area contributed by atoms with Gasteiger partial charge in [-0.15, -0.1) is 0 Å². The van der Waals surface area contributed by atoms with E-state index in [0.717, 1.165) is 0 Å². The molecule has 0 aliphatic carbocycles. The average Bonchev–Trinajstić information content (AvgIpc) is 2.75. The van der Waals surface area contributed by atoms with Gasteiger partial charge in [0.1, 0.15) is 0 Å². The highest BCUT2D eigenvalue weighted by molar-refractivity contribution is 5.08. The van der Waals surface area contributed by atoms with E-state index in [4.69, 9.17) is 0 Å². The Morgan fingerprint density at radius 1 is 1.62 bits per heavy atom. The lowest BCUT2D eigenvalue weighted by Crippen LogP contribution is -2.27. The number of hydrogen-bond donors (Lipinski definition) is 1. The van der Waals surface area contributed by atoms with E-state index in [-0.39, 0.29) is 0 Å². The second kappa shape index (κ2) is 3.50. The second-order valence-corrected chi connectivity index (χ2v) is 4.09. The molecule has 3 heteroatoms. The van der Waals surface area contributed by atoms with Gasteiger partial charge in [-0.05, 0) is 32.9 Å². The van der Waals surface area contributed by atoms with Crippen molar-refractivity contribution >= 4 is 0 Å². The highest BCUT2D eigenvalue weighted by atomic mass is 15.2. The third-order valence-electron chi connectivity index (χ3n) is 2.91. The molecule has 1 aliphatic rings. The van der Waals surface area contributed by atoms with E-state index < -0.39 is 0 Å². The van der Waals surface area contributed by atoms with E-state index >= 15 is 0 Å². The summed E-state index contributed by atoms with van der Waals surface area (Å²) in [6.07, 6.45) is 3.10. The fourth-order valence-electron chi connectivity index (χ4n) is 2.00. The minimum atomic E-state index is 0.671. The Morgan fingerprint density at radius 3 is 3.00 bits per heavy atom. The molecule has 1 saturated heterocycles. The van der Waals surface area contributed by atoms with E-state index in [1.54, 1.807) is 0 Å². The third-order valence-corrected chi connectivity index (χ3v) is 2.91. The van der Waals surface area contributed by atoms with Gasteiger partial charge in [-0.1, -0.05) is 0 Å². The Kier molecular flexibility index (Phi) is 2.36. The second-order valence-electron chi connectivity index (χ2n) is 4.09. The standard InChI is InChI=1S/C10H17N3/c1-8(2)13-6-4-9(7-13)10-3-5-11-12-10/h3,5,8-9H,4,6-7H2,1-2H3,(H,11,12)/t9-/m0/s1. The first-order valence-electron chi connectivity index (χ1n) is 5.00. The molecule has 0 unspecified atom stereocenters. The van der Waals surface area contributed by atoms with Gasteiger partial charge >= 0.3 is 0 Å². The fraction of sp³-hybridized carbons (Fsp3) is 0.700. The number of H-pyrrole nitrogens is 1. The molecule has 0 aromatic carbocycles. The van der Waals surface area contributed by atoms with Crippen molar-refractivity contribution in [1.82, 2.24) is 15.1 Å². The predicted molar refractivity (Wildman–Crippen MR) is 52.7 cm³/mol. The maximum Gasteiger partial charge on any atom is 0.0490 e. The summed E-state index contributed by atoms with van der Waals surface area (Å²) in [6.45, 7) is 6.92. The lowest BCUT2D eigenvalue weighted by Gasteiger charge is -2.19. The Hall–Kier alpha value is -0.830. The maximum atomic E-state index is 3.99. The summed E-state index contributed by atoms with van der Waals surface area (Å²) >= 11 is 0. The van der Waals surface area contributed by atoms with Crippen molar-refractivity contribution < 1.29 is 0 Å². The van der Waals surface area contributed by atoms with Gasteiger partial charge in [0.15, 0.2) is 0 Å². The summed E-state index contributed by atoms with van der Waals surface area (Å²) in [6, 6.07) is 2.77. The molecule has 2 heterocycles. The van der Waals surface area contributed by atoms with Gasteiger partial charge in [-0.25, -0.2) is 0 Å². The highest BCUT2D eigenvalue weighted by Gasteiger charge is 2.25. The Bertz CT molecular complexity index is 253. The van der Waals surface area contributed by atoms with Crippen LogP contribution in [0.2, 0.25) is 0 Å². The van der Waals surface area contributed by atoms with Crippen LogP contribution in [0.5, 0.6) is 0 Å². The summed E-state index contributed by atoms with van der Waals surface area (Å²) in [5.41, 5.74) is 1.29. The molecular weight excluding hydrogens is 162 g/mol. The van der Waals surface area contributed by atoms with Crippen LogP contribution in [-0.2, 0) is 0 Å². The molecule has 3 nitrogen and oxygen atoms in total. The largest absolute Gasteiger partial charge is 0.300 e. The van der Waals surface area contributed by atoms with Crippen molar-refractivity contribution in [2.24, 2.45) is 0 Å². The zero-order valence-corrected chi connectivity index (χ0v) is 8.33. The molecule has 1 atom stereocenters. The highest BCUT2D eigenvalue weighted by Crippen LogP contribution is 2.26. The van der Waals surface area contributed by atoms with Crippen LogP contribution in [0.15, 0.2) is 12.3 Å². The van der Waals surface area contributed by atoms with E-state index in [1.165, 1.54) is 25.2 Å². The topological polar surface area (TPSA) is 31.9 Å². The lowest BCUT2D eigenvalue weighted by atomic mass is 10.1. The molecule has 0 amide bonds. The van der Waals surface area contributed by atoms with Crippen LogP contribution in [0.25, 0.3) is 0 Å². The van der Waals surface area contributed by atoms with Crippen LogP contribution in [0.4, 0.5) is 0 Å². The van der Waals surface area contributed by atoms with Crippen LogP contribution < -0.4 is 0 Å². The molecule has 0 radical (unpaired) electrons. The Labute approximate surface area is 79.1 Å². The molecule has 0 spiro atoms. The normalized spacial score (nSPS) is 24.4. The summed E-state index contributed by atoms with van der Waals surface area (Å²) in [5, 5.41) is 7.06. The molecule has 1 aliphatic heterocycles. The first kappa shape index (κ1) is 8.75. The van der Waals surface area contributed by atoms with Crippen LogP contribution in [0.1, 0.15) is 31.9 Å². The molecule has 1 aromatic heterocycles. The van der Waals surface area contributed by atoms with Crippen LogP contribution in [-0.4, -0.2) is 34.2 Å². The minimum Gasteiger partial charge on any atom is -0.300 e. The van der Waals surface area contributed by atoms with Crippen molar-refractivity contribution in [2.75, 3.05) is 13.1 Å². The van der Waals surface area contributed by atoms with E-state index in [0.29, 0.717) is 12.0 Å². The number of nitrogens with zero attached hydrogens (tertiary/aromatic N) is 2. The summed E-state index contributed by atoms with van der Waals surface area (Å²) in [5.74, 6) is 0.671. The van der Waals surface area contributed by atoms with Crippen molar-refractivity contribution in [3.8, 4) is 0 Å². The van der Waals surface area contributed by atoms with E-state index in [9.17, 15) is 0 Å². The van der Waals surface area contributed by atoms with Crippen molar-refractivity contribution in [3.05, 3.63) is 18.0 Å². The lowest BCUT2D eigenvalue weighted by molar-refractivity contribution is 0.272. The molecule has 72 valence electrons.